The number of rotatable bonds is 9. The van der Waals surface area contributed by atoms with Crippen molar-refractivity contribution < 1.29 is 33.5 Å². The number of urea groups is 1. The molecule has 1 heterocycles. The molecule has 0 aromatic heterocycles. The van der Waals surface area contributed by atoms with Crippen LogP contribution in [0.2, 0.25) is 0 Å². The van der Waals surface area contributed by atoms with Crippen molar-refractivity contribution in [3.8, 4) is 17.2 Å². The van der Waals surface area contributed by atoms with E-state index >= 15 is 0 Å². The van der Waals surface area contributed by atoms with Gasteiger partial charge in [-0.2, -0.15) is 0 Å². The summed E-state index contributed by atoms with van der Waals surface area (Å²) >= 11 is 0. The standard InChI is InChI=1S/C22H24N4O8/c1-22(14-5-7-15(8-6-14)26(30)31)20(28)25(21(29)24-22)12-19(27)23-11-13-9-17(33-3)18(34-4)10-16(13)32-2/h5-10H,11-12H2,1-4H3,(H,23,27)(H,24,29). The molecule has 1 unspecified atom stereocenters. The van der Waals surface area contributed by atoms with Crippen LogP contribution < -0.4 is 24.8 Å². The van der Waals surface area contributed by atoms with E-state index in [-0.39, 0.29) is 12.2 Å². The number of ether oxygens (including phenoxy) is 3. The van der Waals surface area contributed by atoms with Gasteiger partial charge in [-0.1, -0.05) is 0 Å². The van der Waals surface area contributed by atoms with Crippen molar-refractivity contribution in [2.24, 2.45) is 0 Å². The van der Waals surface area contributed by atoms with Crippen LogP contribution in [-0.4, -0.2) is 55.5 Å². The highest BCUT2D eigenvalue weighted by Gasteiger charge is 2.49. The van der Waals surface area contributed by atoms with Gasteiger partial charge in [0.25, 0.3) is 11.6 Å². The number of nitro benzene ring substituents is 1. The van der Waals surface area contributed by atoms with E-state index in [0.29, 0.717) is 28.4 Å². The van der Waals surface area contributed by atoms with E-state index in [1.807, 2.05) is 0 Å². The molecular weight excluding hydrogens is 448 g/mol. The van der Waals surface area contributed by atoms with E-state index in [9.17, 15) is 24.5 Å². The Hall–Kier alpha value is -4.35. The summed E-state index contributed by atoms with van der Waals surface area (Å²) < 4.78 is 15.8. The van der Waals surface area contributed by atoms with Gasteiger partial charge in [0.15, 0.2) is 11.5 Å². The number of hydrogen-bond donors (Lipinski definition) is 2. The molecule has 1 saturated heterocycles. The average molecular weight is 472 g/mol. The number of nitrogens with zero attached hydrogens (tertiary/aromatic N) is 2. The fourth-order valence-corrected chi connectivity index (χ4v) is 3.58. The van der Waals surface area contributed by atoms with Crippen molar-refractivity contribution in [1.82, 2.24) is 15.5 Å². The first kappa shape index (κ1) is 24.3. The number of carbonyl (C=O) groups excluding carboxylic acids is 3. The molecule has 0 saturated carbocycles. The maximum Gasteiger partial charge on any atom is 0.325 e. The maximum absolute atomic E-state index is 13.0. The summed E-state index contributed by atoms with van der Waals surface area (Å²) in [6.45, 7) is 1.01. The highest BCUT2D eigenvalue weighted by atomic mass is 16.6. The highest BCUT2D eigenvalue weighted by Crippen LogP contribution is 2.34. The van der Waals surface area contributed by atoms with Gasteiger partial charge >= 0.3 is 6.03 Å². The second kappa shape index (κ2) is 9.65. The highest BCUT2D eigenvalue weighted by molar-refractivity contribution is 6.09. The molecule has 1 aliphatic heterocycles. The average Bonchev–Trinajstić information content (AvgIpc) is 3.05. The molecule has 0 bridgehead atoms. The lowest BCUT2D eigenvalue weighted by Crippen LogP contribution is -2.43. The van der Waals surface area contributed by atoms with Crippen LogP contribution in [0.4, 0.5) is 10.5 Å². The summed E-state index contributed by atoms with van der Waals surface area (Å²) in [7, 11) is 4.44. The quantitative estimate of drug-likeness (QED) is 0.318. The van der Waals surface area contributed by atoms with Crippen molar-refractivity contribution in [3.05, 3.63) is 57.6 Å². The second-order valence-corrected chi connectivity index (χ2v) is 7.55. The molecular formula is C22H24N4O8. The third-order valence-electron chi connectivity index (χ3n) is 5.49. The summed E-state index contributed by atoms with van der Waals surface area (Å²) in [6, 6.07) is 7.79. The number of nitrogens with one attached hydrogen (secondary N) is 2. The molecule has 4 amide bonds. The van der Waals surface area contributed by atoms with E-state index in [1.165, 1.54) is 52.5 Å². The van der Waals surface area contributed by atoms with Crippen molar-refractivity contribution in [2.45, 2.75) is 19.0 Å². The molecule has 0 radical (unpaired) electrons. The molecule has 34 heavy (non-hydrogen) atoms. The normalized spacial score (nSPS) is 17.2. The molecule has 2 N–H and O–H groups in total. The molecule has 2 aromatic carbocycles. The number of benzene rings is 2. The second-order valence-electron chi connectivity index (χ2n) is 7.55. The van der Waals surface area contributed by atoms with Crippen LogP contribution in [0, 0.1) is 10.1 Å². The molecule has 2 aromatic rings. The van der Waals surface area contributed by atoms with Crippen LogP contribution in [0.5, 0.6) is 17.2 Å². The van der Waals surface area contributed by atoms with Crippen LogP contribution in [-0.2, 0) is 21.7 Å². The Labute approximate surface area is 194 Å². The Balaban J connectivity index is 1.70. The van der Waals surface area contributed by atoms with E-state index < -0.39 is 34.9 Å². The van der Waals surface area contributed by atoms with Gasteiger partial charge in [-0.05, 0) is 30.7 Å². The minimum Gasteiger partial charge on any atom is -0.496 e. The molecule has 12 heteroatoms. The van der Waals surface area contributed by atoms with Gasteiger partial charge in [-0.15, -0.1) is 0 Å². The van der Waals surface area contributed by atoms with Crippen molar-refractivity contribution in [2.75, 3.05) is 27.9 Å². The first-order valence-corrected chi connectivity index (χ1v) is 10.1. The van der Waals surface area contributed by atoms with E-state index in [4.69, 9.17) is 14.2 Å². The molecule has 0 spiro atoms. The number of amides is 4. The zero-order valence-corrected chi connectivity index (χ0v) is 19.0. The number of non-ortho nitro benzene ring substituents is 1. The minimum atomic E-state index is -1.46. The Kier molecular flexibility index (Phi) is 6.89. The first-order chi connectivity index (χ1) is 16.1. The van der Waals surface area contributed by atoms with Crippen LogP contribution >= 0.6 is 0 Å². The van der Waals surface area contributed by atoms with Crippen molar-refractivity contribution in [1.29, 1.82) is 0 Å². The smallest absolute Gasteiger partial charge is 0.325 e. The summed E-state index contributed by atoms with van der Waals surface area (Å²) in [5, 5.41) is 16.1. The summed E-state index contributed by atoms with van der Waals surface area (Å²) in [5.74, 6) is 0.136. The minimum absolute atomic E-state index is 0.0473. The third kappa shape index (κ3) is 4.56. The molecule has 1 aliphatic rings. The largest absolute Gasteiger partial charge is 0.496 e. The van der Waals surface area contributed by atoms with E-state index in [2.05, 4.69) is 10.6 Å². The van der Waals surface area contributed by atoms with Crippen molar-refractivity contribution >= 4 is 23.5 Å². The fraction of sp³-hybridized carbons (Fsp3) is 0.318. The van der Waals surface area contributed by atoms with Crippen molar-refractivity contribution in [3.63, 3.8) is 0 Å². The maximum atomic E-state index is 13.0. The monoisotopic (exact) mass is 472 g/mol. The first-order valence-electron chi connectivity index (χ1n) is 10.1. The number of carbonyl (C=O) groups is 3. The van der Waals surface area contributed by atoms with Gasteiger partial charge in [0, 0.05) is 30.3 Å². The summed E-state index contributed by atoms with van der Waals surface area (Å²) in [4.78, 5) is 49.1. The van der Waals surface area contributed by atoms with Crippen LogP contribution in [0.15, 0.2) is 36.4 Å². The van der Waals surface area contributed by atoms with Crippen LogP contribution in [0.3, 0.4) is 0 Å². The number of hydrogen-bond acceptors (Lipinski definition) is 8. The van der Waals surface area contributed by atoms with Gasteiger partial charge < -0.3 is 24.8 Å². The Morgan fingerprint density at radius 1 is 1.06 bits per heavy atom. The van der Waals surface area contributed by atoms with Gasteiger partial charge in [-0.3, -0.25) is 24.6 Å². The van der Waals surface area contributed by atoms with Gasteiger partial charge in [0.2, 0.25) is 5.91 Å². The van der Waals surface area contributed by atoms with Crippen LogP contribution in [0.25, 0.3) is 0 Å². The van der Waals surface area contributed by atoms with Gasteiger partial charge in [0.05, 0.1) is 26.3 Å². The number of imide groups is 1. The fourth-order valence-electron chi connectivity index (χ4n) is 3.58. The lowest BCUT2D eigenvalue weighted by atomic mass is 9.92. The molecule has 180 valence electrons. The van der Waals surface area contributed by atoms with E-state index in [1.54, 1.807) is 12.1 Å². The van der Waals surface area contributed by atoms with E-state index in [0.717, 1.165) is 4.90 Å². The topological polar surface area (TPSA) is 149 Å². The number of nitro groups is 1. The lowest BCUT2D eigenvalue weighted by Gasteiger charge is -2.22. The Morgan fingerprint density at radius 3 is 2.21 bits per heavy atom. The molecule has 1 atom stereocenters. The zero-order valence-electron chi connectivity index (χ0n) is 19.0. The Bertz CT molecular complexity index is 1130. The molecule has 3 rings (SSSR count). The molecule has 12 nitrogen and oxygen atoms in total. The molecule has 0 aliphatic carbocycles. The van der Waals surface area contributed by atoms with Gasteiger partial charge in [-0.25, -0.2) is 4.79 Å². The zero-order chi connectivity index (χ0) is 25.0. The Morgan fingerprint density at radius 2 is 1.65 bits per heavy atom. The molecule has 1 fully saturated rings. The lowest BCUT2D eigenvalue weighted by molar-refractivity contribution is -0.384. The summed E-state index contributed by atoms with van der Waals surface area (Å²) in [5.41, 5.74) is -0.652. The predicted molar refractivity (Wildman–Crippen MR) is 119 cm³/mol. The van der Waals surface area contributed by atoms with Crippen LogP contribution in [0.1, 0.15) is 18.1 Å². The van der Waals surface area contributed by atoms with Gasteiger partial charge in [0.1, 0.15) is 17.8 Å². The third-order valence-corrected chi connectivity index (χ3v) is 5.49. The number of methoxy groups -OCH3 is 3. The predicted octanol–water partition coefficient (Wildman–Crippen LogP) is 1.70. The summed E-state index contributed by atoms with van der Waals surface area (Å²) in [6.07, 6.45) is 0. The SMILES string of the molecule is COc1cc(OC)c(OC)cc1CNC(=O)CN1C(=O)NC(C)(c2ccc([N+](=O)[O-])cc2)C1=O.